The Labute approximate surface area is 259 Å². The Kier molecular flexibility index (Phi) is 7.44. The molecule has 13 nitrogen and oxygen atoms in total. The fraction of sp³-hybridized carbons (Fsp3) is 0.379. The van der Waals surface area contributed by atoms with E-state index in [-0.39, 0.29) is 34.2 Å². The normalized spacial score (nSPS) is 18.6. The maximum atomic E-state index is 13.7. The minimum absolute atomic E-state index is 0.0334. The number of sulfonamides is 1. The van der Waals surface area contributed by atoms with Crippen LogP contribution < -0.4 is 25.4 Å². The Morgan fingerprint density at radius 2 is 1.75 bits per heavy atom. The molecule has 2 bridgehead atoms. The zero-order valence-electron chi connectivity index (χ0n) is 24.9. The average Bonchev–Trinajstić information content (AvgIpc) is 3.56. The van der Waals surface area contributed by atoms with Gasteiger partial charge in [0.05, 0.1) is 53.0 Å². The maximum absolute atomic E-state index is 13.7. The summed E-state index contributed by atoms with van der Waals surface area (Å²) in [5.41, 5.74) is 3.09. The first-order valence-corrected chi connectivity index (χ1v) is 16.3. The monoisotopic (exact) mass is 637 g/mol. The van der Waals surface area contributed by atoms with E-state index in [1.807, 2.05) is 50.0 Å². The van der Waals surface area contributed by atoms with E-state index in [1.54, 1.807) is 17.7 Å². The molecule has 2 aliphatic heterocycles. The predicted molar refractivity (Wildman–Crippen MR) is 169 cm³/mol. The van der Waals surface area contributed by atoms with Crippen molar-refractivity contribution < 1.29 is 13.2 Å². The molecule has 0 radical (unpaired) electrons. The van der Waals surface area contributed by atoms with Crippen LogP contribution in [0.4, 0.5) is 17.3 Å². The minimum atomic E-state index is -3.83. The SMILES string of the molecule is Cc1cc([C@@H](C)Nc2ccc(Cl)nc2C(=O)NS(C)(=O)=O)c2nc(N3C[C@@H]4C[C@H]3CN4c3cnc(C)nc3)n(C)c(=O)c2c1. The Bertz CT molecular complexity index is 1970. The van der Waals surface area contributed by atoms with Crippen LogP contribution in [-0.4, -0.2) is 70.3 Å². The van der Waals surface area contributed by atoms with Crippen molar-refractivity contribution in [1.82, 2.24) is 29.2 Å². The van der Waals surface area contributed by atoms with Gasteiger partial charge in [-0.05, 0) is 51.0 Å². The molecule has 0 spiro atoms. The highest BCUT2D eigenvalue weighted by Gasteiger charge is 2.45. The number of rotatable bonds is 7. The van der Waals surface area contributed by atoms with E-state index in [4.69, 9.17) is 16.6 Å². The Morgan fingerprint density at radius 1 is 1.07 bits per heavy atom. The van der Waals surface area contributed by atoms with E-state index >= 15 is 0 Å². The second-order valence-corrected chi connectivity index (χ2v) is 13.6. The van der Waals surface area contributed by atoms with Crippen molar-refractivity contribution in [3.05, 3.63) is 74.8 Å². The van der Waals surface area contributed by atoms with Gasteiger partial charge in [-0.25, -0.2) is 33.1 Å². The van der Waals surface area contributed by atoms with Gasteiger partial charge in [0.25, 0.3) is 11.5 Å². The van der Waals surface area contributed by atoms with Crippen LogP contribution in [0.2, 0.25) is 5.15 Å². The number of fused-ring (bicyclic) bond motifs is 3. The lowest BCUT2D eigenvalue weighted by atomic mass is 10.0. The highest BCUT2D eigenvalue weighted by Crippen LogP contribution is 2.37. The number of hydrogen-bond acceptors (Lipinski definition) is 11. The third kappa shape index (κ3) is 5.54. The molecule has 2 saturated heterocycles. The van der Waals surface area contributed by atoms with Crippen LogP contribution in [0, 0.1) is 13.8 Å². The molecule has 1 aromatic carbocycles. The summed E-state index contributed by atoms with van der Waals surface area (Å²) in [5, 5.41) is 3.77. The molecule has 44 heavy (non-hydrogen) atoms. The van der Waals surface area contributed by atoms with Crippen molar-refractivity contribution in [1.29, 1.82) is 0 Å². The molecule has 5 heterocycles. The smallest absolute Gasteiger partial charge is 0.285 e. The van der Waals surface area contributed by atoms with Crippen LogP contribution in [-0.2, 0) is 17.1 Å². The molecule has 0 unspecified atom stereocenters. The summed E-state index contributed by atoms with van der Waals surface area (Å²) in [4.78, 5) is 48.9. The number of carbonyl (C=O) groups excluding carboxylic acids is 1. The number of nitrogens with one attached hydrogen (secondary N) is 2. The number of piperazine rings is 1. The Morgan fingerprint density at radius 3 is 2.41 bits per heavy atom. The van der Waals surface area contributed by atoms with Crippen molar-refractivity contribution >= 4 is 55.8 Å². The molecule has 4 aromatic rings. The summed E-state index contributed by atoms with van der Waals surface area (Å²) in [7, 11) is -2.09. The lowest BCUT2D eigenvalue weighted by Gasteiger charge is -2.36. The summed E-state index contributed by atoms with van der Waals surface area (Å²) in [6.45, 7) is 7.11. The maximum Gasteiger partial charge on any atom is 0.285 e. The molecule has 2 fully saturated rings. The van der Waals surface area contributed by atoms with Crippen LogP contribution in [0.5, 0.6) is 0 Å². The first-order valence-electron chi connectivity index (χ1n) is 14.1. The molecule has 3 atom stereocenters. The van der Waals surface area contributed by atoms with Crippen LogP contribution in [0.15, 0.2) is 41.5 Å². The van der Waals surface area contributed by atoms with E-state index in [1.165, 1.54) is 6.07 Å². The van der Waals surface area contributed by atoms with E-state index in [0.717, 1.165) is 41.9 Å². The summed E-state index contributed by atoms with van der Waals surface area (Å²) in [5.74, 6) is 0.405. The van der Waals surface area contributed by atoms with Gasteiger partial charge in [-0.1, -0.05) is 17.7 Å². The van der Waals surface area contributed by atoms with E-state index < -0.39 is 22.0 Å². The first kappa shape index (κ1) is 29.8. The van der Waals surface area contributed by atoms with Crippen LogP contribution in [0.1, 0.15) is 46.8 Å². The van der Waals surface area contributed by atoms with E-state index in [9.17, 15) is 18.0 Å². The van der Waals surface area contributed by atoms with Crippen LogP contribution in [0.25, 0.3) is 10.9 Å². The number of anilines is 3. The number of nitrogens with zero attached hydrogens (tertiary/aromatic N) is 7. The quantitative estimate of drug-likeness (QED) is 0.287. The second-order valence-electron chi connectivity index (χ2n) is 11.5. The Balaban J connectivity index is 1.35. The van der Waals surface area contributed by atoms with Gasteiger partial charge in [0.15, 0.2) is 5.69 Å². The second kappa shape index (κ2) is 11.0. The third-order valence-electron chi connectivity index (χ3n) is 8.12. The standard InChI is InChI=1S/C29H32ClN9O4S/c1-15-8-21(16(2)33-23-6-7-24(30)34-26(23)27(40)36-44(5,42)43)25-22(9-15)28(41)37(4)29(35-25)39-14-18-10-19(39)13-38(18)20-11-31-17(3)32-12-20/h6-9,11-12,16,18-19,33H,10,13-14H2,1-5H3,(H,36,40)/t16-,18+,19+/m1/s1. The molecule has 230 valence electrons. The molecule has 0 aliphatic carbocycles. The number of pyridine rings is 1. The third-order valence-corrected chi connectivity index (χ3v) is 8.89. The van der Waals surface area contributed by atoms with Gasteiger partial charge in [-0.15, -0.1) is 0 Å². The molecule has 3 aromatic heterocycles. The summed E-state index contributed by atoms with van der Waals surface area (Å²) < 4.78 is 27.0. The molecule has 0 saturated carbocycles. The lowest BCUT2D eigenvalue weighted by molar-refractivity contribution is 0.0977. The molecule has 15 heteroatoms. The highest BCUT2D eigenvalue weighted by atomic mass is 35.5. The van der Waals surface area contributed by atoms with Gasteiger partial charge >= 0.3 is 0 Å². The average molecular weight is 638 g/mol. The summed E-state index contributed by atoms with van der Waals surface area (Å²) in [6.07, 6.45) is 5.52. The van der Waals surface area contributed by atoms with Gasteiger partial charge in [0.1, 0.15) is 11.0 Å². The summed E-state index contributed by atoms with van der Waals surface area (Å²) in [6, 6.07) is 6.79. The first-order chi connectivity index (χ1) is 20.8. The van der Waals surface area contributed by atoms with Gasteiger partial charge in [0.2, 0.25) is 16.0 Å². The zero-order chi connectivity index (χ0) is 31.5. The minimum Gasteiger partial charge on any atom is -0.377 e. The number of aryl methyl sites for hydroxylation is 2. The number of hydrogen-bond donors (Lipinski definition) is 2. The number of benzene rings is 1. The van der Waals surface area contributed by atoms with Crippen molar-refractivity contribution in [2.24, 2.45) is 7.05 Å². The zero-order valence-corrected chi connectivity index (χ0v) is 26.4. The molecular formula is C29H32ClN9O4S. The number of amides is 1. The molecule has 6 rings (SSSR count). The van der Waals surface area contributed by atoms with Crippen molar-refractivity contribution in [2.75, 3.05) is 34.5 Å². The fourth-order valence-electron chi connectivity index (χ4n) is 6.14. The van der Waals surface area contributed by atoms with Crippen molar-refractivity contribution in [2.45, 2.75) is 45.3 Å². The predicted octanol–water partition coefficient (Wildman–Crippen LogP) is 2.72. The largest absolute Gasteiger partial charge is 0.377 e. The molecular weight excluding hydrogens is 606 g/mol. The topological polar surface area (TPSA) is 155 Å². The number of carbonyl (C=O) groups is 1. The molecule has 2 N–H and O–H groups in total. The molecule has 2 aliphatic rings. The highest BCUT2D eigenvalue weighted by molar-refractivity contribution is 7.89. The van der Waals surface area contributed by atoms with Crippen molar-refractivity contribution in [3.63, 3.8) is 0 Å². The van der Waals surface area contributed by atoms with Gasteiger partial charge in [0, 0.05) is 31.7 Å². The number of aromatic nitrogens is 5. The van der Waals surface area contributed by atoms with Crippen LogP contribution >= 0.6 is 11.6 Å². The number of halogens is 1. The van der Waals surface area contributed by atoms with E-state index in [0.29, 0.717) is 23.4 Å². The summed E-state index contributed by atoms with van der Waals surface area (Å²) >= 11 is 6.04. The van der Waals surface area contributed by atoms with Gasteiger partial charge < -0.3 is 15.1 Å². The lowest BCUT2D eigenvalue weighted by Crippen LogP contribution is -2.48. The van der Waals surface area contributed by atoms with E-state index in [2.05, 4.69) is 30.1 Å². The van der Waals surface area contributed by atoms with Gasteiger partial charge in [-0.3, -0.25) is 14.2 Å². The van der Waals surface area contributed by atoms with Gasteiger partial charge in [-0.2, -0.15) is 0 Å². The van der Waals surface area contributed by atoms with Crippen LogP contribution in [0.3, 0.4) is 0 Å². The Hall–Kier alpha value is -4.30. The molecule has 1 amide bonds. The fourth-order valence-corrected chi connectivity index (χ4v) is 6.72. The van der Waals surface area contributed by atoms with Crippen molar-refractivity contribution in [3.8, 4) is 0 Å².